The van der Waals surface area contributed by atoms with Crippen molar-refractivity contribution >= 4 is 51.7 Å². The van der Waals surface area contributed by atoms with Gasteiger partial charge in [0, 0.05) is 15.6 Å². The van der Waals surface area contributed by atoms with Crippen molar-refractivity contribution in [1.29, 1.82) is 0 Å². The SMILES string of the molecule is O=C(NCc1cccs1)C(=S)Nc1ccc(Cl)cc1. The van der Waals surface area contributed by atoms with Gasteiger partial charge < -0.3 is 10.6 Å². The fourth-order valence-electron chi connectivity index (χ4n) is 1.38. The van der Waals surface area contributed by atoms with Crippen molar-refractivity contribution in [1.82, 2.24) is 5.32 Å². The fourth-order valence-corrected chi connectivity index (χ4v) is 2.34. The molecular weight excluding hydrogens is 300 g/mol. The lowest BCUT2D eigenvalue weighted by molar-refractivity contribution is -0.114. The molecule has 3 nitrogen and oxygen atoms in total. The number of benzene rings is 1. The van der Waals surface area contributed by atoms with Crippen LogP contribution in [0.4, 0.5) is 5.69 Å². The Morgan fingerprint density at radius 2 is 2.00 bits per heavy atom. The molecule has 0 saturated carbocycles. The molecule has 1 aromatic carbocycles. The van der Waals surface area contributed by atoms with Crippen LogP contribution in [0.5, 0.6) is 0 Å². The lowest BCUT2D eigenvalue weighted by atomic mass is 10.3. The lowest BCUT2D eigenvalue weighted by Crippen LogP contribution is -2.33. The minimum atomic E-state index is -0.293. The van der Waals surface area contributed by atoms with Crippen LogP contribution in [0, 0.1) is 0 Å². The molecule has 0 aliphatic carbocycles. The Kier molecular flexibility index (Phi) is 4.90. The molecule has 0 saturated heterocycles. The van der Waals surface area contributed by atoms with Gasteiger partial charge in [-0.3, -0.25) is 4.79 Å². The summed E-state index contributed by atoms with van der Waals surface area (Å²) in [6.45, 7) is 0.485. The highest BCUT2D eigenvalue weighted by Crippen LogP contribution is 2.13. The lowest BCUT2D eigenvalue weighted by Gasteiger charge is -2.08. The Morgan fingerprint density at radius 3 is 2.63 bits per heavy atom. The Morgan fingerprint density at radius 1 is 1.26 bits per heavy atom. The molecular formula is C13H11ClN2OS2. The molecule has 1 amide bonds. The van der Waals surface area contributed by atoms with Crippen molar-refractivity contribution in [2.75, 3.05) is 5.32 Å². The highest BCUT2D eigenvalue weighted by atomic mass is 35.5. The Hall–Kier alpha value is -1.43. The molecule has 0 spiro atoms. The van der Waals surface area contributed by atoms with Crippen molar-refractivity contribution in [3.63, 3.8) is 0 Å². The summed E-state index contributed by atoms with van der Waals surface area (Å²) in [5, 5.41) is 8.22. The smallest absolute Gasteiger partial charge is 0.279 e. The summed E-state index contributed by atoms with van der Waals surface area (Å²) in [5.74, 6) is -0.293. The molecule has 0 fully saturated rings. The third-order valence-corrected chi connectivity index (χ3v) is 3.73. The number of carbonyl (C=O) groups is 1. The van der Waals surface area contributed by atoms with Gasteiger partial charge in [-0.1, -0.05) is 29.9 Å². The molecule has 0 radical (unpaired) electrons. The van der Waals surface area contributed by atoms with E-state index in [1.54, 1.807) is 35.6 Å². The molecule has 0 atom stereocenters. The number of carbonyl (C=O) groups excluding carboxylic acids is 1. The minimum Gasteiger partial charge on any atom is -0.345 e. The molecule has 2 rings (SSSR count). The van der Waals surface area contributed by atoms with Crippen molar-refractivity contribution < 1.29 is 4.79 Å². The average molecular weight is 311 g/mol. The van der Waals surface area contributed by atoms with Crippen LogP contribution in [-0.2, 0) is 11.3 Å². The van der Waals surface area contributed by atoms with E-state index in [0.29, 0.717) is 11.6 Å². The number of rotatable bonds is 3. The normalized spacial score (nSPS) is 9.95. The fraction of sp³-hybridized carbons (Fsp3) is 0.0769. The van der Waals surface area contributed by atoms with Gasteiger partial charge in [0.2, 0.25) is 0 Å². The van der Waals surface area contributed by atoms with E-state index in [1.807, 2.05) is 17.5 Å². The molecule has 6 heteroatoms. The number of hydrogen-bond donors (Lipinski definition) is 2. The van der Waals surface area contributed by atoms with Gasteiger partial charge in [-0.15, -0.1) is 11.3 Å². The van der Waals surface area contributed by atoms with E-state index in [9.17, 15) is 4.79 Å². The van der Waals surface area contributed by atoms with E-state index < -0.39 is 0 Å². The summed E-state index contributed by atoms with van der Waals surface area (Å²) in [7, 11) is 0. The van der Waals surface area contributed by atoms with Crippen LogP contribution in [0.2, 0.25) is 5.02 Å². The van der Waals surface area contributed by atoms with E-state index in [-0.39, 0.29) is 10.9 Å². The highest BCUT2D eigenvalue weighted by Gasteiger charge is 2.09. The summed E-state index contributed by atoms with van der Waals surface area (Å²) >= 11 is 12.4. The largest absolute Gasteiger partial charge is 0.345 e. The van der Waals surface area contributed by atoms with E-state index >= 15 is 0 Å². The predicted molar refractivity (Wildman–Crippen MR) is 83.8 cm³/mol. The number of halogens is 1. The molecule has 19 heavy (non-hydrogen) atoms. The summed E-state index contributed by atoms with van der Waals surface area (Å²) < 4.78 is 0. The molecule has 0 bridgehead atoms. The van der Waals surface area contributed by atoms with Crippen LogP contribution in [-0.4, -0.2) is 10.9 Å². The first-order chi connectivity index (χ1) is 9.15. The third-order valence-electron chi connectivity index (χ3n) is 2.31. The zero-order valence-corrected chi connectivity index (χ0v) is 12.2. The minimum absolute atomic E-state index is 0.138. The zero-order valence-electron chi connectivity index (χ0n) is 9.85. The second-order valence-corrected chi connectivity index (χ2v) is 5.60. The van der Waals surface area contributed by atoms with Crippen molar-refractivity contribution in [3.8, 4) is 0 Å². The number of anilines is 1. The van der Waals surface area contributed by atoms with Crippen LogP contribution in [0.1, 0.15) is 4.88 Å². The molecule has 1 aromatic heterocycles. The van der Waals surface area contributed by atoms with Gasteiger partial charge in [-0.05, 0) is 35.7 Å². The number of hydrogen-bond acceptors (Lipinski definition) is 3. The van der Waals surface area contributed by atoms with Gasteiger partial charge in [0.15, 0.2) is 4.99 Å². The van der Waals surface area contributed by atoms with E-state index in [4.69, 9.17) is 23.8 Å². The highest BCUT2D eigenvalue weighted by molar-refractivity contribution is 7.82. The van der Waals surface area contributed by atoms with Gasteiger partial charge in [0.1, 0.15) is 0 Å². The van der Waals surface area contributed by atoms with E-state index in [1.165, 1.54) is 0 Å². The maximum absolute atomic E-state index is 11.8. The molecule has 1 heterocycles. The number of thiocarbonyl (C=S) groups is 1. The van der Waals surface area contributed by atoms with E-state index in [2.05, 4.69) is 10.6 Å². The summed E-state index contributed by atoms with van der Waals surface area (Å²) in [5.41, 5.74) is 0.737. The van der Waals surface area contributed by atoms with Crippen LogP contribution in [0.25, 0.3) is 0 Å². The van der Waals surface area contributed by atoms with E-state index in [0.717, 1.165) is 10.6 Å². The maximum atomic E-state index is 11.8. The number of nitrogens with one attached hydrogen (secondary N) is 2. The second-order valence-electron chi connectivity index (χ2n) is 3.72. The van der Waals surface area contributed by atoms with Gasteiger partial charge in [0.25, 0.3) is 5.91 Å². The summed E-state index contributed by atoms with van der Waals surface area (Å²) in [6.07, 6.45) is 0. The Bertz CT molecular complexity index is 567. The monoisotopic (exact) mass is 310 g/mol. The van der Waals surface area contributed by atoms with Crippen LogP contribution < -0.4 is 10.6 Å². The van der Waals surface area contributed by atoms with Gasteiger partial charge in [0.05, 0.1) is 6.54 Å². The molecule has 98 valence electrons. The first-order valence-corrected chi connectivity index (χ1v) is 7.19. The first kappa shape index (κ1) is 14.0. The van der Waals surface area contributed by atoms with Crippen molar-refractivity contribution in [2.24, 2.45) is 0 Å². The second kappa shape index (κ2) is 6.65. The Balaban J connectivity index is 1.85. The van der Waals surface area contributed by atoms with Gasteiger partial charge >= 0.3 is 0 Å². The molecule has 2 N–H and O–H groups in total. The van der Waals surface area contributed by atoms with Crippen LogP contribution in [0.15, 0.2) is 41.8 Å². The summed E-state index contributed by atoms with van der Waals surface area (Å²) in [4.78, 5) is 13.0. The molecule has 0 aliphatic rings. The van der Waals surface area contributed by atoms with Crippen LogP contribution >= 0.6 is 35.2 Å². The number of amides is 1. The topological polar surface area (TPSA) is 41.1 Å². The molecule has 0 aliphatic heterocycles. The van der Waals surface area contributed by atoms with Gasteiger partial charge in [-0.2, -0.15) is 0 Å². The average Bonchev–Trinajstić information content (AvgIpc) is 2.91. The molecule has 0 unspecified atom stereocenters. The molecule has 2 aromatic rings. The third kappa shape index (κ3) is 4.31. The quantitative estimate of drug-likeness (QED) is 0.853. The van der Waals surface area contributed by atoms with Crippen molar-refractivity contribution in [2.45, 2.75) is 6.54 Å². The Labute approximate surface area is 125 Å². The summed E-state index contributed by atoms with van der Waals surface area (Å²) in [6, 6.07) is 10.9. The zero-order chi connectivity index (χ0) is 13.7. The van der Waals surface area contributed by atoms with Gasteiger partial charge in [-0.25, -0.2) is 0 Å². The first-order valence-electron chi connectivity index (χ1n) is 5.52. The van der Waals surface area contributed by atoms with Crippen LogP contribution in [0.3, 0.4) is 0 Å². The number of thiophene rings is 1. The maximum Gasteiger partial charge on any atom is 0.279 e. The van der Waals surface area contributed by atoms with Crippen molar-refractivity contribution in [3.05, 3.63) is 51.7 Å². The predicted octanol–water partition coefficient (Wildman–Crippen LogP) is 3.46. The standard InChI is InChI=1S/C13H11ClN2OS2/c14-9-3-5-10(6-4-9)16-13(18)12(17)15-8-11-2-1-7-19-11/h1-7H,8H2,(H,15,17)(H,16,18).